The van der Waals surface area contributed by atoms with Gasteiger partial charge in [-0.3, -0.25) is 4.79 Å². The van der Waals surface area contributed by atoms with E-state index in [0.29, 0.717) is 18.8 Å². The molecule has 156 valence electrons. The van der Waals surface area contributed by atoms with Crippen LogP contribution in [-0.4, -0.2) is 20.9 Å². The normalized spacial score (nSPS) is 11.1. The second-order valence-corrected chi connectivity index (χ2v) is 8.68. The summed E-state index contributed by atoms with van der Waals surface area (Å²) < 4.78 is 33.1. The van der Waals surface area contributed by atoms with Crippen LogP contribution in [0, 0.1) is 6.92 Å². The maximum atomic E-state index is 13.4. The van der Waals surface area contributed by atoms with Gasteiger partial charge < -0.3 is 4.74 Å². The third-order valence-electron chi connectivity index (χ3n) is 4.64. The lowest BCUT2D eigenvalue weighted by Crippen LogP contribution is -2.37. The van der Waals surface area contributed by atoms with Crippen LogP contribution in [0.1, 0.15) is 24.5 Å². The van der Waals surface area contributed by atoms with E-state index in [1.54, 1.807) is 36.4 Å². The minimum atomic E-state index is -4.06. The number of hydrogen-bond acceptors (Lipinski definition) is 4. The Kier molecular flexibility index (Phi) is 6.90. The average molecular weight is 424 g/mol. The molecule has 0 saturated heterocycles. The number of aryl methyl sites for hydroxylation is 2. The summed E-state index contributed by atoms with van der Waals surface area (Å²) in [7, 11) is -4.06. The number of amides is 1. The van der Waals surface area contributed by atoms with Gasteiger partial charge in [-0.1, -0.05) is 48.0 Å². The molecule has 0 aliphatic carbocycles. The SMILES string of the molecule is CCOc1ccc(N(C(=O)CCc2ccccc2)S(=O)(=O)c2ccc(C)cc2)cc1. The van der Waals surface area contributed by atoms with Crippen LogP contribution in [0.3, 0.4) is 0 Å². The number of carbonyl (C=O) groups is 1. The monoisotopic (exact) mass is 423 g/mol. The van der Waals surface area contributed by atoms with E-state index in [9.17, 15) is 13.2 Å². The molecule has 0 heterocycles. The van der Waals surface area contributed by atoms with E-state index < -0.39 is 15.9 Å². The van der Waals surface area contributed by atoms with Gasteiger partial charge in [0.1, 0.15) is 5.75 Å². The highest BCUT2D eigenvalue weighted by atomic mass is 32.2. The molecule has 0 bridgehead atoms. The standard InChI is InChI=1S/C24H25NO4S/c1-3-29-22-14-12-21(13-15-22)25(24(26)18-11-20-7-5-4-6-8-20)30(27,28)23-16-9-19(2)10-17-23/h4-10,12-17H,3,11,18H2,1-2H3. The molecule has 0 unspecified atom stereocenters. The van der Waals surface area contributed by atoms with Gasteiger partial charge in [-0.15, -0.1) is 0 Å². The number of benzene rings is 3. The molecule has 0 aliphatic heterocycles. The number of nitrogens with zero attached hydrogens (tertiary/aromatic N) is 1. The number of rotatable bonds is 8. The molecule has 3 aromatic rings. The number of anilines is 1. The Labute approximate surface area is 178 Å². The molecule has 0 N–H and O–H groups in total. The van der Waals surface area contributed by atoms with Crippen LogP contribution in [0.2, 0.25) is 0 Å². The fourth-order valence-electron chi connectivity index (χ4n) is 3.07. The Morgan fingerprint density at radius 3 is 2.13 bits per heavy atom. The lowest BCUT2D eigenvalue weighted by atomic mass is 10.1. The van der Waals surface area contributed by atoms with Crippen LogP contribution in [-0.2, 0) is 21.2 Å². The average Bonchev–Trinajstić information content (AvgIpc) is 2.75. The zero-order valence-corrected chi connectivity index (χ0v) is 17.9. The molecule has 0 spiro atoms. The first-order chi connectivity index (χ1) is 14.4. The van der Waals surface area contributed by atoms with E-state index in [0.717, 1.165) is 15.4 Å². The molecule has 0 aliphatic rings. The van der Waals surface area contributed by atoms with Crippen molar-refractivity contribution in [3.05, 3.63) is 90.0 Å². The van der Waals surface area contributed by atoms with Gasteiger partial charge in [0.15, 0.2) is 0 Å². The second kappa shape index (κ2) is 9.59. The van der Waals surface area contributed by atoms with Crippen molar-refractivity contribution in [3.8, 4) is 5.75 Å². The molecule has 0 aromatic heterocycles. The predicted octanol–water partition coefficient (Wildman–Crippen LogP) is 4.75. The predicted molar refractivity (Wildman–Crippen MR) is 118 cm³/mol. The van der Waals surface area contributed by atoms with Crippen LogP contribution in [0.4, 0.5) is 5.69 Å². The highest BCUT2D eigenvalue weighted by Gasteiger charge is 2.30. The number of sulfonamides is 1. The van der Waals surface area contributed by atoms with Crippen molar-refractivity contribution in [2.75, 3.05) is 10.9 Å². The van der Waals surface area contributed by atoms with Gasteiger partial charge in [-0.25, -0.2) is 12.7 Å². The first-order valence-corrected chi connectivity index (χ1v) is 11.3. The largest absolute Gasteiger partial charge is 0.494 e. The van der Waals surface area contributed by atoms with Crippen molar-refractivity contribution >= 4 is 21.6 Å². The van der Waals surface area contributed by atoms with E-state index >= 15 is 0 Å². The topological polar surface area (TPSA) is 63.7 Å². The first kappa shape index (κ1) is 21.6. The van der Waals surface area contributed by atoms with Crippen LogP contribution in [0.25, 0.3) is 0 Å². The molecular formula is C24H25NO4S. The van der Waals surface area contributed by atoms with Crippen molar-refractivity contribution in [2.45, 2.75) is 31.6 Å². The van der Waals surface area contributed by atoms with Gasteiger partial charge in [0.25, 0.3) is 10.0 Å². The van der Waals surface area contributed by atoms with Crippen molar-refractivity contribution in [2.24, 2.45) is 0 Å². The summed E-state index contributed by atoms with van der Waals surface area (Å²) in [5.41, 5.74) is 2.21. The molecule has 0 saturated carbocycles. The Balaban J connectivity index is 1.95. The fraction of sp³-hybridized carbons (Fsp3) is 0.208. The quantitative estimate of drug-likeness (QED) is 0.525. The molecule has 0 fully saturated rings. The molecule has 30 heavy (non-hydrogen) atoms. The summed E-state index contributed by atoms with van der Waals surface area (Å²) in [6.07, 6.45) is 0.527. The van der Waals surface area contributed by atoms with E-state index in [2.05, 4.69) is 0 Å². The Morgan fingerprint density at radius 2 is 1.53 bits per heavy atom. The van der Waals surface area contributed by atoms with Gasteiger partial charge in [0.05, 0.1) is 17.2 Å². The lowest BCUT2D eigenvalue weighted by molar-refractivity contribution is -0.117. The van der Waals surface area contributed by atoms with Crippen LogP contribution >= 0.6 is 0 Å². The summed E-state index contributed by atoms with van der Waals surface area (Å²) in [4.78, 5) is 13.2. The van der Waals surface area contributed by atoms with E-state index in [1.807, 2.05) is 44.2 Å². The number of carbonyl (C=O) groups excluding carboxylic acids is 1. The van der Waals surface area contributed by atoms with Crippen molar-refractivity contribution in [3.63, 3.8) is 0 Å². The molecule has 0 radical (unpaired) electrons. The van der Waals surface area contributed by atoms with Gasteiger partial charge >= 0.3 is 0 Å². The van der Waals surface area contributed by atoms with Crippen LogP contribution < -0.4 is 9.04 Å². The highest BCUT2D eigenvalue weighted by molar-refractivity contribution is 7.93. The number of ether oxygens (including phenoxy) is 1. The lowest BCUT2D eigenvalue weighted by Gasteiger charge is -2.23. The first-order valence-electron chi connectivity index (χ1n) is 9.83. The Bertz CT molecular complexity index is 1080. The van der Waals surface area contributed by atoms with E-state index in [4.69, 9.17) is 4.74 Å². The summed E-state index contributed by atoms with van der Waals surface area (Å²) in [6, 6.07) is 22.5. The molecule has 3 rings (SSSR count). The summed E-state index contributed by atoms with van der Waals surface area (Å²) in [5, 5.41) is 0. The van der Waals surface area contributed by atoms with Gasteiger partial charge in [-0.2, -0.15) is 0 Å². The summed E-state index contributed by atoms with van der Waals surface area (Å²) >= 11 is 0. The van der Waals surface area contributed by atoms with E-state index in [1.165, 1.54) is 12.1 Å². The van der Waals surface area contributed by atoms with Gasteiger partial charge in [0, 0.05) is 6.42 Å². The molecule has 0 atom stereocenters. The molecule has 6 heteroatoms. The van der Waals surface area contributed by atoms with Gasteiger partial charge in [-0.05, 0) is 62.2 Å². The maximum Gasteiger partial charge on any atom is 0.270 e. The highest BCUT2D eigenvalue weighted by Crippen LogP contribution is 2.27. The van der Waals surface area contributed by atoms with Crippen LogP contribution in [0.15, 0.2) is 83.8 Å². The van der Waals surface area contributed by atoms with Crippen molar-refractivity contribution in [1.82, 2.24) is 0 Å². The van der Waals surface area contributed by atoms with Crippen molar-refractivity contribution < 1.29 is 17.9 Å². The summed E-state index contributed by atoms with van der Waals surface area (Å²) in [6.45, 7) is 4.25. The Hall–Kier alpha value is -3.12. The molecule has 1 amide bonds. The Morgan fingerprint density at radius 1 is 0.900 bits per heavy atom. The second-order valence-electron chi connectivity index (χ2n) is 6.89. The zero-order chi connectivity index (χ0) is 21.6. The minimum absolute atomic E-state index is 0.0717. The molecule has 3 aromatic carbocycles. The van der Waals surface area contributed by atoms with E-state index in [-0.39, 0.29) is 17.0 Å². The summed E-state index contributed by atoms with van der Waals surface area (Å²) in [5.74, 6) is 0.134. The third kappa shape index (κ3) is 5.07. The number of hydrogen-bond donors (Lipinski definition) is 0. The van der Waals surface area contributed by atoms with Gasteiger partial charge in [0.2, 0.25) is 5.91 Å². The van der Waals surface area contributed by atoms with Crippen LogP contribution in [0.5, 0.6) is 5.75 Å². The molecule has 5 nitrogen and oxygen atoms in total. The zero-order valence-electron chi connectivity index (χ0n) is 17.1. The smallest absolute Gasteiger partial charge is 0.270 e. The third-order valence-corrected chi connectivity index (χ3v) is 6.40. The maximum absolute atomic E-state index is 13.4. The molecular weight excluding hydrogens is 398 g/mol. The fourth-order valence-corrected chi connectivity index (χ4v) is 4.52. The minimum Gasteiger partial charge on any atom is -0.494 e. The van der Waals surface area contributed by atoms with Crippen molar-refractivity contribution in [1.29, 1.82) is 0 Å².